The number of aryl methyl sites for hydroxylation is 2. The molecular weight excluding hydrogens is 491 g/mol. The van der Waals surface area contributed by atoms with Crippen molar-refractivity contribution in [3.05, 3.63) is 81.8 Å². The Labute approximate surface area is 213 Å². The van der Waals surface area contributed by atoms with Crippen molar-refractivity contribution in [1.29, 1.82) is 0 Å². The third kappa shape index (κ3) is 6.26. The molecule has 2 heterocycles. The molecule has 3 aromatic rings. The zero-order valence-corrected chi connectivity index (χ0v) is 20.8. The number of anilines is 2. The number of aromatic nitrogens is 2. The van der Waals surface area contributed by atoms with E-state index in [1.807, 2.05) is 38.1 Å². The highest BCUT2D eigenvalue weighted by molar-refractivity contribution is 6.30. The van der Waals surface area contributed by atoms with Crippen molar-refractivity contribution < 1.29 is 18.0 Å². The lowest BCUT2D eigenvalue weighted by Gasteiger charge is -2.26. The Morgan fingerprint density at radius 1 is 0.972 bits per heavy atom. The van der Waals surface area contributed by atoms with Crippen LogP contribution in [0.15, 0.2) is 48.5 Å². The Kier molecular flexibility index (Phi) is 7.68. The topological polar surface area (TPSA) is 61.4 Å². The van der Waals surface area contributed by atoms with Crippen molar-refractivity contribution in [1.82, 2.24) is 14.9 Å². The first kappa shape index (κ1) is 25.8. The van der Waals surface area contributed by atoms with E-state index >= 15 is 0 Å². The van der Waals surface area contributed by atoms with E-state index < -0.39 is 11.7 Å². The summed E-state index contributed by atoms with van der Waals surface area (Å²) < 4.78 is 38.4. The van der Waals surface area contributed by atoms with Crippen LogP contribution in [0.5, 0.6) is 0 Å². The number of carbonyl (C=O) groups excluding carboxylic acids is 1. The second-order valence-corrected chi connectivity index (χ2v) is 9.23. The molecule has 1 fully saturated rings. The third-order valence-electron chi connectivity index (χ3n) is 6.14. The number of halogens is 4. The maximum absolute atomic E-state index is 12.8. The van der Waals surface area contributed by atoms with Crippen LogP contribution in [0.1, 0.15) is 34.6 Å². The molecule has 1 aliphatic rings. The molecule has 2 amide bonds. The van der Waals surface area contributed by atoms with Gasteiger partial charge in [0.1, 0.15) is 11.6 Å². The summed E-state index contributed by atoms with van der Waals surface area (Å²) in [6.45, 7) is 6.11. The number of nitrogens with zero attached hydrogens (tertiary/aromatic N) is 4. The van der Waals surface area contributed by atoms with Crippen LogP contribution in [0.4, 0.5) is 29.5 Å². The first-order valence-corrected chi connectivity index (χ1v) is 12.0. The lowest BCUT2D eigenvalue weighted by Crippen LogP contribution is -2.38. The summed E-state index contributed by atoms with van der Waals surface area (Å²) in [6.07, 6.45) is -3.03. The lowest BCUT2D eigenvalue weighted by molar-refractivity contribution is -0.137. The first-order chi connectivity index (χ1) is 17.1. The molecule has 4 rings (SSSR count). The van der Waals surface area contributed by atoms with Gasteiger partial charge in [0.2, 0.25) is 0 Å². The van der Waals surface area contributed by atoms with Gasteiger partial charge in [0, 0.05) is 54.6 Å². The predicted octanol–water partition coefficient (Wildman–Crippen LogP) is 6.10. The third-order valence-corrected chi connectivity index (χ3v) is 6.40. The first-order valence-electron chi connectivity index (χ1n) is 11.7. The van der Waals surface area contributed by atoms with Gasteiger partial charge < -0.3 is 15.1 Å². The van der Waals surface area contributed by atoms with E-state index in [2.05, 4.69) is 15.2 Å². The number of benzene rings is 2. The van der Waals surface area contributed by atoms with Gasteiger partial charge in [-0.1, -0.05) is 23.7 Å². The average molecular weight is 518 g/mol. The Morgan fingerprint density at radius 3 is 2.33 bits per heavy atom. The molecule has 10 heteroatoms. The summed E-state index contributed by atoms with van der Waals surface area (Å²) in [5.74, 6) is 1.54. The minimum atomic E-state index is -4.42. The molecular formula is C26H27ClF3N5O. The summed E-state index contributed by atoms with van der Waals surface area (Å²) in [7, 11) is 0. The summed E-state index contributed by atoms with van der Waals surface area (Å²) in [5.41, 5.74) is 2.61. The summed E-state index contributed by atoms with van der Waals surface area (Å²) >= 11 is 6.04. The van der Waals surface area contributed by atoms with Crippen LogP contribution < -0.4 is 10.2 Å². The molecule has 0 atom stereocenters. The molecule has 1 aliphatic heterocycles. The predicted molar refractivity (Wildman–Crippen MR) is 135 cm³/mol. The van der Waals surface area contributed by atoms with Gasteiger partial charge in [-0.2, -0.15) is 13.2 Å². The molecule has 0 aliphatic carbocycles. The Morgan fingerprint density at radius 2 is 1.67 bits per heavy atom. The molecule has 0 unspecified atom stereocenters. The summed E-state index contributed by atoms with van der Waals surface area (Å²) in [6, 6.07) is 11.8. The van der Waals surface area contributed by atoms with Crippen molar-refractivity contribution in [3.8, 4) is 0 Å². The molecule has 190 valence electrons. The number of alkyl halides is 3. The number of amides is 2. The van der Waals surface area contributed by atoms with Crippen molar-refractivity contribution in [3.63, 3.8) is 0 Å². The minimum Gasteiger partial charge on any atom is -0.354 e. The summed E-state index contributed by atoms with van der Waals surface area (Å²) in [5, 5.41) is 3.38. The van der Waals surface area contributed by atoms with E-state index in [1.165, 1.54) is 12.1 Å². The molecule has 1 N–H and O–H groups in total. The molecule has 0 saturated carbocycles. The van der Waals surface area contributed by atoms with Crippen LogP contribution in [-0.2, 0) is 12.6 Å². The van der Waals surface area contributed by atoms with Crippen LogP contribution >= 0.6 is 11.6 Å². The van der Waals surface area contributed by atoms with Crippen LogP contribution in [0.3, 0.4) is 0 Å². The molecule has 6 nitrogen and oxygen atoms in total. The van der Waals surface area contributed by atoms with Gasteiger partial charge in [-0.3, -0.25) is 0 Å². The number of rotatable bonds is 4. The van der Waals surface area contributed by atoms with Gasteiger partial charge >= 0.3 is 12.2 Å². The lowest BCUT2D eigenvalue weighted by atomic mass is 10.0. The molecule has 0 bridgehead atoms. The Bertz CT molecular complexity index is 1220. The minimum absolute atomic E-state index is 0.321. The second-order valence-electron chi connectivity index (χ2n) is 8.79. The fraction of sp³-hybridized carbons (Fsp3) is 0.346. The van der Waals surface area contributed by atoms with Crippen molar-refractivity contribution in [2.75, 3.05) is 36.4 Å². The highest BCUT2D eigenvalue weighted by Crippen LogP contribution is 2.30. The zero-order valence-electron chi connectivity index (χ0n) is 20.1. The largest absolute Gasteiger partial charge is 0.416 e. The number of hydrogen-bond acceptors (Lipinski definition) is 4. The number of carbonyl (C=O) groups is 1. The molecule has 1 aromatic heterocycles. The van der Waals surface area contributed by atoms with Gasteiger partial charge in [-0.05, 0) is 62.2 Å². The maximum Gasteiger partial charge on any atom is 0.416 e. The molecule has 36 heavy (non-hydrogen) atoms. The van der Waals surface area contributed by atoms with Crippen LogP contribution in [0, 0.1) is 13.8 Å². The molecule has 0 spiro atoms. The Balaban J connectivity index is 1.46. The Hall–Kier alpha value is -3.33. The van der Waals surface area contributed by atoms with Crippen LogP contribution in [0.2, 0.25) is 5.02 Å². The van der Waals surface area contributed by atoms with Crippen molar-refractivity contribution in [2.24, 2.45) is 0 Å². The fourth-order valence-corrected chi connectivity index (χ4v) is 4.40. The average Bonchev–Trinajstić information content (AvgIpc) is 3.08. The normalized spacial score (nSPS) is 14.5. The highest BCUT2D eigenvalue weighted by Gasteiger charge is 2.30. The van der Waals surface area contributed by atoms with Crippen LogP contribution in [0.25, 0.3) is 0 Å². The number of nitrogens with one attached hydrogen (secondary N) is 1. The molecule has 0 radical (unpaired) electrons. The van der Waals surface area contributed by atoms with Crippen molar-refractivity contribution in [2.45, 2.75) is 32.9 Å². The van der Waals surface area contributed by atoms with E-state index in [0.29, 0.717) is 49.1 Å². The SMILES string of the molecule is Cc1nc(C)c(Cc2ccc(Cl)cc2)c(N2CCCN(C(=O)Nc3ccc(C(F)(F)F)cc3)CC2)n1. The highest BCUT2D eigenvalue weighted by atomic mass is 35.5. The van der Waals surface area contributed by atoms with Gasteiger partial charge in [-0.15, -0.1) is 0 Å². The van der Waals surface area contributed by atoms with Crippen LogP contribution in [-0.4, -0.2) is 47.1 Å². The quantitative estimate of drug-likeness (QED) is 0.454. The number of urea groups is 1. The van der Waals surface area contributed by atoms with E-state index in [9.17, 15) is 18.0 Å². The maximum atomic E-state index is 12.8. The number of hydrogen-bond donors (Lipinski definition) is 1. The van der Waals surface area contributed by atoms with Gasteiger partial charge in [-0.25, -0.2) is 14.8 Å². The van der Waals surface area contributed by atoms with E-state index in [-0.39, 0.29) is 6.03 Å². The second kappa shape index (κ2) is 10.7. The van der Waals surface area contributed by atoms with E-state index in [4.69, 9.17) is 16.6 Å². The summed E-state index contributed by atoms with van der Waals surface area (Å²) in [4.78, 5) is 26.0. The molecule has 2 aromatic carbocycles. The standard InChI is InChI=1S/C26H27ClF3N5O/c1-17-23(16-19-4-8-21(27)9-5-19)24(32-18(2)31-17)34-12-3-13-35(15-14-34)25(36)33-22-10-6-20(7-11-22)26(28,29)30/h4-11H,3,12-16H2,1-2H3,(H,33,36). The van der Waals surface area contributed by atoms with Gasteiger partial charge in [0.15, 0.2) is 0 Å². The van der Waals surface area contributed by atoms with Gasteiger partial charge in [0.05, 0.1) is 5.56 Å². The molecule has 1 saturated heterocycles. The fourth-order valence-electron chi connectivity index (χ4n) is 4.27. The monoisotopic (exact) mass is 517 g/mol. The van der Waals surface area contributed by atoms with E-state index in [1.54, 1.807) is 4.90 Å². The van der Waals surface area contributed by atoms with Crippen molar-refractivity contribution >= 4 is 29.1 Å². The zero-order chi connectivity index (χ0) is 25.9. The smallest absolute Gasteiger partial charge is 0.354 e. The van der Waals surface area contributed by atoms with Gasteiger partial charge in [0.25, 0.3) is 0 Å². The van der Waals surface area contributed by atoms with E-state index in [0.717, 1.165) is 41.2 Å².